The molecule has 2 aliphatic heterocycles. The summed E-state index contributed by atoms with van der Waals surface area (Å²) in [7, 11) is 0. The molecular formula is C24H31N3O3. The standard InChI is InChI=1S/C24H31N3O3/c28-22-17-26(24(30)21-8-4-5-15-27(21)22)16-19-9-11-20(12-10-19)23(29)25-14-13-18-6-2-1-3-7-18/h6,9-12,21H,1-5,7-8,13-17H2,(H,25,29). The van der Waals surface area contributed by atoms with Gasteiger partial charge in [-0.1, -0.05) is 23.8 Å². The summed E-state index contributed by atoms with van der Waals surface area (Å²) in [5, 5.41) is 3.00. The molecule has 1 atom stereocenters. The Hall–Kier alpha value is -2.63. The topological polar surface area (TPSA) is 69.7 Å². The molecule has 1 aromatic rings. The van der Waals surface area contributed by atoms with Crippen LogP contribution < -0.4 is 5.32 Å². The van der Waals surface area contributed by atoms with Gasteiger partial charge in [-0.2, -0.15) is 0 Å². The molecule has 3 aliphatic rings. The average molecular weight is 410 g/mol. The normalized spacial score (nSPS) is 21.9. The number of nitrogens with one attached hydrogen (secondary N) is 1. The van der Waals surface area contributed by atoms with Crippen molar-refractivity contribution in [1.82, 2.24) is 15.1 Å². The van der Waals surface area contributed by atoms with Crippen LogP contribution >= 0.6 is 0 Å². The molecule has 0 bridgehead atoms. The van der Waals surface area contributed by atoms with Crippen LogP contribution in [0.15, 0.2) is 35.9 Å². The molecular weight excluding hydrogens is 378 g/mol. The van der Waals surface area contributed by atoms with Crippen LogP contribution in [-0.4, -0.2) is 53.2 Å². The lowest BCUT2D eigenvalue weighted by molar-refractivity contribution is -0.158. The van der Waals surface area contributed by atoms with Gasteiger partial charge < -0.3 is 15.1 Å². The zero-order chi connectivity index (χ0) is 20.9. The third kappa shape index (κ3) is 4.74. The molecule has 0 radical (unpaired) electrons. The lowest BCUT2D eigenvalue weighted by atomic mass is 9.97. The molecule has 2 saturated heterocycles. The maximum Gasteiger partial charge on any atom is 0.251 e. The minimum atomic E-state index is -0.288. The van der Waals surface area contributed by atoms with E-state index >= 15 is 0 Å². The van der Waals surface area contributed by atoms with Gasteiger partial charge in [0.15, 0.2) is 0 Å². The third-order valence-electron chi connectivity index (χ3n) is 6.45. The van der Waals surface area contributed by atoms with Gasteiger partial charge in [-0.3, -0.25) is 14.4 Å². The fourth-order valence-electron chi connectivity index (χ4n) is 4.72. The Morgan fingerprint density at radius 3 is 2.67 bits per heavy atom. The quantitative estimate of drug-likeness (QED) is 0.735. The van der Waals surface area contributed by atoms with Crippen molar-refractivity contribution in [3.63, 3.8) is 0 Å². The summed E-state index contributed by atoms with van der Waals surface area (Å²) >= 11 is 0. The second-order valence-electron chi connectivity index (χ2n) is 8.60. The highest BCUT2D eigenvalue weighted by atomic mass is 16.2. The highest BCUT2D eigenvalue weighted by molar-refractivity contribution is 5.95. The first-order valence-electron chi connectivity index (χ1n) is 11.2. The fraction of sp³-hybridized carbons (Fsp3) is 0.542. The Morgan fingerprint density at radius 2 is 1.90 bits per heavy atom. The van der Waals surface area contributed by atoms with E-state index in [0.717, 1.165) is 44.1 Å². The predicted molar refractivity (Wildman–Crippen MR) is 115 cm³/mol. The Bertz CT molecular complexity index is 831. The van der Waals surface area contributed by atoms with Gasteiger partial charge in [-0.15, -0.1) is 0 Å². The van der Waals surface area contributed by atoms with Crippen LogP contribution in [0.4, 0.5) is 0 Å². The van der Waals surface area contributed by atoms with Crippen molar-refractivity contribution in [1.29, 1.82) is 0 Å². The molecule has 30 heavy (non-hydrogen) atoms. The highest BCUT2D eigenvalue weighted by Crippen LogP contribution is 2.24. The molecule has 2 fully saturated rings. The van der Waals surface area contributed by atoms with Gasteiger partial charge in [0.2, 0.25) is 11.8 Å². The molecule has 3 amide bonds. The number of fused-ring (bicyclic) bond motifs is 1. The van der Waals surface area contributed by atoms with Gasteiger partial charge in [0.05, 0.1) is 0 Å². The average Bonchev–Trinajstić information content (AvgIpc) is 2.78. The maximum atomic E-state index is 12.8. The van der Waals surface area contributed by atoms with E-state index < -0.39 is 0 Å². The van der Waals surface area contributed by atoms with Gasteiger partial charge >= 0.3 is 0 Å². The van der Waals surface area contributed by atoms with E-state index in [2.05, 4.69) is 11.4 Å². The molecule has 1 aliphatic carbocycles. The van der Waals surface area contributed by atoms with E-state index in [9.17, 15) is 14.4 Å². The minimum Gasteiger partial charge on any atom is -0.352 e. The Balaban J connectivity index is 1.30. The van der Waals surface area contributed by atoms with Gasteiger partial charge in [-0.05, 0) is 69.1 Å². The lowest BCUT2D eigenvalue weighted by Gasteiger charge is -2.42. The molecule has 0 aromatic heterocycles. The number of nitrogens with zero attached hydrogens (tertiary/aromatic N) is 2. The van der Waals surface area contributed by atoms with Crippen molar-refractivity contribution in [2.24, 2.45) is 0 Å². The Labute approximate surface area is 178 Å². The van der Waals surface area contributed by atoms with Gasteiger partial charge in [-0.25, -0.2) is 0 Å². The number of rotatable bonds is 6. The Kier molecular flexibility index (Phi) is 6.50. The van der Waals surface area contributed by atoms with Gasteiger partial charge in [0.1, 0.15) is 12.6 Å². The number of carbonyl (C=O) groups excluding carboxylic acids is 3. The lowest BCUT2D eigenvalue weighted by Crippen LogP contribution is -2.60. The van der Waals surface area contributed by atoms with Crippen molar-refractivity contribution >= 4 is 17.7 Å². The second kappa shape index (κ2) is 9.45. The Morgan fingerprint density at radius 1 is 1.07 bits per heavy atom. The van der Waals surface area contributed by atoms with Gasteiger partial charge in [0.25, 0.3) is 5.91 Å². The number of amides is 3. The zero-order valence-electron chi connectivity index (χ0n) is 17.6. The van der Waals surface area contributed by atoms with Crippen LogP contribution in [0.1, 0.15) is 67.3 Å². The minimum absolute atomic E-state index is 0.0448. The monoisotopic (exact) mass is 409 g/mol. The number of hydrogen-bond acceptors (Lipinski definition) is 3. The molecule has 6 nitrogen and oxygen atoms in total. The van der Waals surface area contributed by atoms with E-state index in [-0.39, 0.29) is 30.3 Å². The zero-order valence-corrected chi connectivity index (χ0v) is 17.6. The molecule has 1 aromatic carbocycles. The van der Waals surface area contributed by atoms with Crippen LogP contribution in [0, 0.1) is 0 Å². The first-order chi connectivity index (χ1) is 14.6. The highest BCUT2D eigenvalue weighted by Gasteiger charge is 2.40. The molecule has 1 unspecified atom stereocenters. The van der Waals surface area contributed by atoms with E-state index in [0.29, 0.717) is 25.2 Å². The van der Waals surface area contributed by atoms with Crippen molar-refractivity contribution < 1.29 is 14.4 Å². The summed E-state index contributed by atoms with van der Waals surface area (Å²) in [6.45, 7) is 1.91. The van der Waals surface area contributed by atoms with Crippen molar-refractivity contribution in [3.8, 4) is 0 Å². The third-order valence-corrected chi connectivity index (χ3v) is 6.45. The molecule has 160 valence electrons. The van der Waals surface area contributed by atoms with Crippen molar-refractivity contribution in [2.45, 2.75) is 64.0 Å². The van der Waals surface area contributed by atoms with E-state index in [1.54, 1.807) is 21.9 Å². The first-order valence-corrected chi connectivity index (χ1v) is 11.2. The smallest absolute Gasteiger partial charge is 0.251 e. The second-order valence-corrected chi connectivity index (χ2v) is 8.60. The van der Waals surface area contributed by atoms with Crippen LogP contribution in [0.5, 0.6) is 0 Å². The van der Waals surface area contributed by atoms with Crippen molar-refractivity contribution in [3.05, 3.63) is 47.0 Å². The molecule has 4 rings (SSSR count). The molecule has 0 spiro atoms. The number of benzene rings is 1. The fourth-order valence-corrected chi connectivity index (χ4v) is 4.72. The number of piperazine rings is 1. The van der Waals surface area contributed by atoms with E-state index in [1.165, 1.54) is 18.4 Å². The summed E-state index contributed by atoms with van der Waals surface area (Å²) in [5.74, 6) is 0.0246. The van der Waals surface area contributed by atoms with E-state index in [1.807, 2.05) is 12.1 Å². The van der Waals surface area contributed by atoms with Crippen LogP contribution in [0.3, 0.4) is 0 Å². The first kappa shape index (κ1) is 20.6. The molecule has 6 heteroatoms. The number of carbonyl (C=O) groups is 3. The van der Waals surface area contributed by atoms with Gasteiger partial charge in [0, 0.05) is 25.2 Å². The largest absolute Gasteiger partial charge is 0.352 e. The summed E-state index contributed by atoms with van der Waals surface area (Å²) in [6.07, 6.45) is 10.8. The number of hydrogen-bond donors (Lipinski definition) is 1. The van der Waals surface area contributed by atoms with Crippen molar-refractivity contribution in [2.75, 3.05) is 19.6 Å². The summed E-state index contributed by atoms with van der Waals surface area (Å²) in [6, 6.07) is 7.07. The number of allylic oxidation sites excluding steroid dienone is 1. The van der Waals surface area contributed by atoms with E-state index in [4.69, 9.17) is 0 Å². The summed E-state index contributed by atoms with van der Waals surface area (Å²) in [5.41, 5.74) is 3.01. The molecule has 2 heterocycles. The molecule has 0 saturated carbocycles. The number of piperidine rings is 1. The summed E-state index contributed by atoms with van der Waals surface area (Å²) < 4.78 is 0. The maximum absolute atomic E-state index is 12.8. The SMILES string of the molecule is O=C(NCCC1=CCCCC1)c1ccc(CN2CC(=O)N3CCCCC3C2=O)cc1. The van der Waals surface area contributed by atoms with Crippen LogP contribution in [0.25, 0.3) is 0 Å². The van der Waals surface area contributed by atoms with Crippen LogP contribution in [0.2, 0.25) is 0 Å². The predicted octanol–water partition coefficient (Wildman–Crippen LogP) is 3.03. The summed E-state index contributed by atoms with van der Waals surface area (Å²) in [4.78, 5) is 41.0. The molecule has 1 N–H and O–H groups in total. The van der Waals surface area contributed by atoms with Crippen LogP contribution in [-0.2, 0) is 16.1 Å².